The van der Waals surface area contributed by atoms with E-state index < -0.39 is 14.6 Å². The van der Waals surface area contributed by atoms with E-state index in [0.717, 1.165) is 25.7 Å². The number of ether oxygens (including phenoxy) is 1. The summed E-state index contributed by atoms with van der Waals surface area (Å²) in [6.07, 6.45) is 6.51. The zero-order valence-corrected chi connectivity index (χ0v) is 21.1. The van der Waals surface area contributed by atoms with Crippen LogP contribution < -0.4 is 0 Å². The SMILES string of the molecule is CC1CCC(C(C)C)C(OC2CCC3Cc4ccccc4CC32S(=O)(=O)c2ccccc2)C1. The van der Waals surface area contributed by atoms with Gasteiger partial charge in [0.05, 0.1) is 17.1 Å². The van der Waals surface area contributed by atoms with Gasteiger partial charge in [0, 0.05) is 0 Å². The summed E-state index contributed by atoms with van der Waals surface area (Å²) in [5.41, 5.74) is 2.49. The Morgan fingerprint density at radius 2 is 1.61 bits per heavy atom. The molecule has 0 spiro atoms. The summed E-state index contributed by atoms with van der Waals surface area (Å²) in [6.45, 7) is 6.90. The normalized spacial score (nSPS) is 34.1. The molecule has 0 aliphatic heterocycles. The van der Waals surface area contributed by atoms with Gasteiger partial charge in [0.15, 0.2) is 9.84 Å². The Bertz CT molecular complexity index is 1080. The van der Waals surface area contributed by atoms with E-state index in [1.807, 2.05) is 24.3 Å². The van der Waals surface area contributed by atoms with Crippen LogP contribution in [0, 0.1) is 23.7 Å². The molecule has 3 aliphatic carbocycles. The molecule has 2 fully saturated rings. The molecule has 178 valence electrons. The highest BCUT2D eigenvalue weighted by molar-refractivity contribution is 7.93. The summed E-state index contributed by atoms with van der Waals surface area (Å²) in [6, 6.07) is 17.6. The molecule has 5 rings (SSSR count). The average molecular weight is 467 g/mol. The van der Waals surface area contributed by atoms with E-state index in [1.54, 1.807) is 12.1 Å². The van der Waals surface area contributed by atoms with E-state index in [-0.39, 0.29) is 18.1 Å². The van der Waals surface area contributed by atoms with Crippen molar-refractivity contribution in [2.45, 2.75) is 87.6 Å². The Morgan fingerprint density at radius 1 is 0.909 bits per heavy atom. The Balaban J connectivity index is 1.58. The second kappa shape index (κ2) is 8.85. The molecule has 33 heavy (non-hydrogen) atoms. The van der Waals surface area contributed by atoms with Crippen LogP contribution in [0.2, 0.25) is 0 Å². The Kier molecular flexibility index (Phi) is 6.20. The molecule has 0 bridgehead atoms. The molecule has 0 heterocycles. The summed E-state index contributed by atoms with van der Waals surface area (Å²) in [7, 11) is -3.58. The lowest BCUT2D eigenvalue weighted by molar-refractivity contribution is -0.0901. The number of hydrogen-bond donors (Lipinski definition) is 0. The van der Waals surface area contributed by atoms with Crippen LogP contribution in [0.15, 0.2) is 59.5 Å². The van der Waals surface area contributed by atoms with Crippen molar-refractivity contribution in [1.82, 2.24) is 0 Å². The van der Waals surface area contributed by atoms with Crippen LogP contribution in [0.4, 0.5) is 0 Å². The van der Waals surface area contributed by atoms with Crippen LogP contribution in [0.3, 0.4) is 0 Å². The highest BCUT2D eigenvalue weighted by Gasteiger charge is 2.62. The third-order valence-electron chi connectivity index (χ3n) is 8.92. The highest BCUT2D eigenvalue weighted by Crippen LogP contribution is 2.53. The van der Waals surface area contributed by atoms with E-state index in [1.165, 1.54) is 24.0 Å². The Morgan fingerprint density at radius 3 is 2.33 bits per heavy atom. The van der Waals surface area contributed by atoms with Crippen molar-refractivity contribution < 1.29 is 13.2 Å². The first-order chi connectivity index (χ1) is 15.8. The van der Waals surface area contributed by atoms with Crippen molar-refractivity contribution in [3.63, 3.8) is 0 Å². The second-order valence-corrected chi connectivity index (χ2v) is 13.4. The van der Waals surface area contributed by atoms with Crippen molar-refractivity contribution in [2.75, 3.05) is 0 Å². The molecule has 2 aromatic rings. The van der Waals surface area contributed by atoms with Gasteiger partial charge in [0.2, 0.25) is 0 Å². The topological polar surface area (TPSA) is 43.4 Å². The third-order valence-corrected chi connectivity index (χ3v) is 11.6. The molecule has 0 radical (unpaired) electrons. The predicted molar refractivity (Wildman–Crippen MR) is 133 cm³/mol. The molecule has 6 atom stereocenters. The van der Waals surface area contributed by atoms with Gasteiger partial charge in [0.1, 0.15) is 4.75 Å². The number of sulfone groups is 1. The van der Waals surface area contributed by atoms with Crippen molar-refractivity contribution >= 4 is 9.84 Å². The fraction of sp³-hybridized carbons (Fsp3) is 0.586. The Hall–Kier alpha value is -1.65. The molecule has 3 nitrogen and oxygen atoms in total. The maximum absolute atomic E-state index is 14.5. The van der Waals surface area contributed by atoms with Crippen molar-refractivity contribution in [3.8, 4) is 0 Å². The van der Waals surface area contributed by atoms with Gasteiger partial charge in [-0.15, -0.1) is 0 Å². The van der Waals surface area contributed by atoms with Gasteiger partial charge in [-0.05, 0) is 85.5 Å². The maximum Gasteiger partial charge on any atom is 0.187 e. The summed E-state index contributed by atoms with van der Waals surface area (Å²) in [4.78, 5) is 0.447. The standard InChI is InChI=1S/C29H38O3S/c1-20(2)26-15-13-21(3)17-27(26)32-28-16-14-24-18-22-9-7-8-10-23(22)19-29(24,28)33(30,31)25-11-5-4-6-12-25/h4-12,20-21,24,26-28H,13-19H2,1-3H3. The van der Waals surface area contributed by atoms with Gasteiger partial charge in [-0.1, -0.05) is 69.7 Å². The van der Waals surface area contributed by atoms with Gasteiger partial charge >= 0.3 is 0 Å². The van der Waals surface area contributed by atoms with E-state index in [2.05, 4.69) is 39.0 Å². The summed E-state index contributed by atoms with van der Waals surface area (Å²) >= 11 is 0. The molecule has 0 saturated heterocycles. The van der Waals surface area contributed by atoms with Gasteiger partial charge < -0.3 is 4.74 Å². The number of benzene rings is 2. The van der Waals surface area contributed by atoms with E-state index in [0.29, 0.717) is 29.1 Å². The fourth-order valence-corrected chi connectivity index (χ4v) is 9.56. The highest BCUT2D eigenvalue weighted by atomic mass is 32.2. The first kappa shape index (κ1) is 23.1. The number of hydrogen-bond acceptors (Lipinski definition) is 3. The minimum absolute atomic E-state index is 0.0983. The number of fused-ring (bicyclic) bond motifs is 2. The minimum atomic E-state index is -3.58. The largest absolute Gasteiger partial charge is 0.373 e. The summed E-state index contributed by atoms with van der Waals surface area (Å²) < 4.78 is 35.0. The third kappa shape index (κ3) is 3.87. The summed E-state index contributed by atoms with van der Waals surface area (Å²) in [5, 5.41) is 0. The molecule has 4 heteroatoms. The Labute approximate surface area is 199 Å². The molecule has 0 aromatic heterocycles. The minimum Gasteiger partial charge on any atom is -0.373 e. The first-order valence-electron chi connectivity index (χ1n) is 12.8. The zero-order valence-electron chi connectivity index (χ0n) is 20.2. The molecule has 2 saturated carbocycles. The van der Waals surface area contributed by atoms with E-state index >= 15 is 0 Å². The molecule has 2 aromatic carbocycles. The molecule has 3 aliphatic rings. The fourth-order valence-electron chi connectivity index (χ4n) is 7.10. The van der Waals surface area contributed by atoms with Crippen LogP contribution in [0.5, 0.6) is 0 Å². The molecule has 0 amide bonds. The lowest BCUT2D eigenvalue weighted by Crippen LogP contribution is -2.56. The predicted octanol–water partition coefficient (Wildman–Crippen LogP) is 6.25. The lowest BCUT2D eigenvalue weighted by Gasteiger charge is -2.46. The van der Waals surface area contributed by atoms with E-state index in [4.69, 9.17) is 4.74 Å². The van der Waals surface area contributed by atoms with Crippen LogP contribution in [-0.2, 0) is 27.4 Å². The molecular weight excluding hydrogens is 428 g/mol. The monoisotopic (exact) mass is 466 g/mol. The first-order valence-corrected chi connectivity index (χ1v) is 14.3. The van der Waals surface area contributed by atoms with Crippen LogP contribution in [0.1, 0.15) is 64.0 Å². The van der Waals surface area contributed by atoms with Crippen LogP contribution >= 0.6 is 0 Å². The van der Waals surface area contributed by atoms with Crippen molar-refractivity contribution in [2.24, 2.45) is 23.7 Å². The maximum atomic E-state index is 14.5. The summed E-state index contributed by atoms with van der Waals surface area (Å²) in [5.74, 6) is 1.79. The second-order valence-electron chi connectivity index (χ2n) is 11.2. The van der Waals surface area contributed by atoms with Crippen LogP contribution in [-0.4, -0.2) is 25.4 Å². The quantitative estimate of drug-likeness (QED) is 0.523. The molecule has 6 unspecified atom stereocenters. The smallest absolute Gasteiger partial charge is 0.187 e. The van der Waals surface area contributed by atoms with Crippen LogP contribution in [0.25, 0.3) is 0 Å². The lowest BCUT2D eigenvalue weighted by atomic mass is 9.74. The number of rotatable bonds is 5. The molecular formula is C29H38O3S. The van der Waals surface area contributed by atoms with Gasteiger partial charge in [-0.25, -0.2) is 8.42 Å². The molecule has 0 N–H and O–H groups in total. The van der Waals surface area contributed by atoms with E-state index in [9.17, 15) is 8.42 Å². The average Bonchev–Trinajstić information content (AvgIpc) is 3.16. The van der Waals surface area contributed by atoms with Crippen molar-refractivity contribution in [3.05, 3.63) is 65.7 Å². The van der Waals surface area contributed by atoms with Gasteiger partial charge in [0.25, 0.3) is 0 Å². The zero-order chi connectivity index (χ0) is 23.2. The van der Waals surface area contributed by atoms with Gasteiger partial charge in [-0.3, -0.25) is 0 Å². The van der Waals surface area contributed by atoms with Crippen molar-refractivity contribution in [1.29, 1.82) is 0 Å². The van der Waals surface area contributed by atoms with Gasteiger partial charge in [-0.2, -0.15) is 0 Å².